The molecule has 1 saturated heterocycles. The SMILES string of the molecule is C=CC[C@@]12CC[C@H]3C(C)(C)CCC[C@]3(C)[C@]1(O[Si](C)(C)C)CCN2S(=O)(=O)c1ccccc1[N+](=O)[O-]. The van der Waals surface area contributed by atoms with Gasteiger partial charge in [0.1, 0.15) is 0 Å². The molecule has 1 aromatic rings. The van der Waals surface area contributed by atoms with Crippen molar-refractivity contribution < 1.29 is 17.8 Å². The van der Waals surface area contributed by atoms with Crippen LogP contribution in [0.2, 0.25) is 19.6 Å². The lowest BCUT2D eigenvalue weighted by atomic mass is 9.43. The second kappa shape index (κ2) is 8.75. The van der Waals surface area contributed by atoms with Gasteiger partial charge in [-0.25, -0.2) is 8.42 Å². The number of nitrogens with zero attached hydrogens (tertiary/aromatic N) is 2. The van der Waals surface area contributed by atoms with Gasteiger partial charge in [-0.05, 0) is 75.6 Å². The number of sulfonamides is 1. The smallest absolute Gasteiger partial charge is 0.289 e. The Bertz CT molecular complexity index is 1160. The number of rotatable bonds is 7. The summed E-state index contributed by atoms with van der Waals surface area (Å²) >= 11 is 0. The van der Waals surface area contributed by atoms with Crippen molar-refractivity contribution in [3.63, 3.8) is 0 Å². The van der Waals surface area contributed by atoms with E-state index >= 15 is 0 Å². The molecular formula is C27H42N2O5SSi. The van der Waals surface area contributed by atoms with Gasteiger partial charge in [0.25, 0.3) is 15.7 Å². The van der Waals surface area contributed by atoms with E-state index in [1.54, 1.807) is 10.4 Å². The number of fused-ring (bicyclic) bond motifs is 3. The van der Waals surface area contributed by atoms with Crippen LogP contribution in [0, 0.1) is 26.9 Å². The molecule has 4 atom stereocenters. The zero-order valence-electron chi connectivity index (χ0n) is 22.7. The second-order valence-corrected chi connectivity index (χ2v) is 19.2. The molecule has 0 radical (unpaired) electrons. The van der Waals surface area contributed by atoms with Crippen molar-refractivity contribution in [1.82, 2.24) is 4.31 Å². The first-order valence-electron chi connectivity index (χ1n) is 13.2. The fraction of sp³-hybridized carbons (Fsp3) is 0.704. The van der Waals surface area contributed by atoms with Gasteiger partial charge in [-0.15, -0.1) is 6.58 Å². The van der Waals surface area contributed by atoms with Crippen molar-refractivity contribution in [2.24, 2.45) is 16.7 Å². The molecule has 0 N–H and O–H groups in total. The molecule has 36 heavy (non-hydrogen) atoms. The minimum absolute atomic E-state index is 0.133. The van der Waals surface area contributed by atoms with Gasteiger partial charge in [0.05, 0.1) is 16.1 Å². The third kappa shape index (κ3) is 3.84. The number of hydrogen-bond donors (Lipinski definition) is 0. The summed E-state index contributed by atoms with van der Waals surface area (Å²) in [6.45, 7) is 17.9. The molecule has 9 heteroatoms. The molecule has 3 fully saturated rings. The molecule has 7 nitrogen and oxygen atoms in total. The van der Waals surface area contributed by atoms with Gasteiger partial charge in [-0.1, -0.05) is 45.4 Å². The van der Waals surface area contributed by atoms with Crippen LogP contribution in [0.25, 0.3) is 0 Å². The standard InChI is InChI=1S/C27H42N2O5SSi/c1-8-15-26-18-14-23-24(2,3)16-11-17-25(23,4)27(26,34-36(5,6)7)19-20-28(26)35(32,33)22-13-10-9-12-21(22)29(30)31/h8-10,12-13,23H,1,11,14-20H2,2-7H3/t23-,25-,26+,27+/m0/s1. The minimum Gasteiger partial charge on any atom is -0.410 e. The Balaban J connectivity index is 1.97. The van der Waals surface area contributed by atoms with E-state index in [1.807, 2.05) is 6.08 Å². The predicted octanol–water partition coefficient (Wildman–Crippen LogP) is 6.52. The van der Waals surface area contributed by atoms with E-state index in [1.165, 1.54) is 18.2 Å². The first-order chi connectivity index (χ1) is 16.6. The van der Waals surface area contributed by atoms with Gasteiger partial charge in [0.2, 0.25) is 0 Å². The highest BCUT2D eigenvalue weighted by Crippen LogP contribution is 2.70. The fourth-order valence-corrected chi connectivity index (χ4v) is 12.0. The topological polar surface area (TPSA) is 89.8 Å². The van der Waals surface area contributed by atoms with Crippen LogP contribution in [0.3, 0.4) is 0 Å². The van der Waals surface area contributed by atoms with E-state index in [4.69, 9.17) is 4.43 Å². The number of hydrogen-bond acceptors (Lipinski definition) is 5. The van der Waals surface area contributed by atoms with Crippen LogP contribution in [0.5, 0.6) is 0 Å². The zero-order valence-corrected chi connectivity index (χ0v) is 24.5. The predicted molar refractivity (Wildman–Crippen MR) is 145 cm³/mol. The quantitative estimate of drug-likeness (QED) is 0.172. The number of benzene rings is 1. The van der Waals surface area contributed by atoms with E-state index in [-0.39, 0.29) is 28.0 Å². The average Bonchev–Trinajstić information content (AvgIpc) is 3.08. The summed E-state index contributed by atoms with van der Waals surface area (Å²) in [6, 6.07) is 5.71. The van der Waals surface area contributed by atoms with E-state index in [9.17, 15) is 18.5 Å². The van der Waals surface area contributed by atoms with E-state index in [0.717, 1.165) is 25.7 Å². The van der Waals surface area contributed by atoms with Gasteiger partial charge in [-0.3, -0.25) is 10.1 Å². The van der Waals surface area contributed by atoms with Crippen molar-refractivity contribution >= 4 is 24.0 Å². The highest BCUT2D eigenvalue weighted by Gasteiger charge is 2.75. The Kier molecular flexibility index (Phi) is 6.68. The Morgan fingerprint density at radius 2 is 1.83 bits per heavy atom. The summed E-state index contributed by atoms with van der Waals surface area (Å²) in [5.74, 6) is 0.404. The Morgan fingerprint density at radius 1 is 1.17 bits per heavy atom. The maximum atomic E-state index is 14.3. The lowest BCUT2D eigenvalue weighted by Crippen LogP contribution is -2.74. The van der Waals surface area contributed by atoms with Gasteiger partial charge in [0.15, 0.2) is 13.2 Å². The average molecular weight is 535 g/mol. The molecule has 0 bridgehead atoms. The molecule has 0 amide bonds. The minimum atomic E-state index is -4.17. The lowest BCUT2D eigenvalue weighted by Gasteiger charge is -2.68. The lowest BCUT2D eigenvalue weighted by molar-refractivity contribution is -0.387. The molecule has 1 aliphatic heterocycles. The first-order valence-corrected chi connectivity index (χ1v) is 18.0. The summed E-state index contributed by atoms with van der Waals surface area (Å²) in [4.78, 5) is 11.0. The van der Waals surface area contributed by atoms with Crippen LogP contribution in [-0.2, 0) is 14.4 Å². The molecular weight excluding hydrogens is 492 g/mol. The maximum absolute atomic E-state index is 14.3. The monoisotopic (exact) mass is 534 g/mol. The van der Waals surface area contributed by atoms with Crippen LogP contribution in [0.1, 0.15) is 65.7 Å². The van der Waals surface area contributed by atoms with E-state index < -0.39 is 34.4 Å². The van der Waals surface area contributed by atoms with Crippen molar-refractivity contribution in [3.8, 4) is 0 Å². The summed E-state index contributed by atoms with van der Waals surface area (Å²) in [7, 11) is -6.32. The largest absolute Gasteiger partial charge is 0.410 e. The molecule has 3 aliphatic rings. The molecule has 0 spiro atoms. The number of nitro groups is 1. The molecule has 4 rings (SSSR count). The molecule has 200 valence electrons. The van der Waals surface area contributed by atoms with Crippen molar-refractivity contribution in [2.75, 3.05) is 6.54 Å². The molecule has 0 aromatic heterocycles. The molecule has 2 aliphatic carbocycles. The highest BCUT2D eigenvalue weighted by molar-refractivity contribution is 7.89. The normalized spacial score (nSPS) is 34.6. The summed E-state index contributed by atoms with van der Waals surface area (Å²) in [6.07, 6.45) is 7.66. The summed E-state index contributed by atoms with van der Waals surface area (Å²) in [5, 5.41) is 11.8. The van der Waals surface area contributed by atoms with Gasteiger partial charge in [0, 0.05) is 18.0 Å². The zero-order chi connectivity index (χ0) is 26.8. The first kappa shape index (κ1) is 27.5. The van der Waals surface area contributed by atoms with Crippen LogP contribution >= 0.6 is 0 Å². The van der Waals surface area contributed by atoms with Crippen molar-refractivity contribution in [2.45, 2.75) is 101 Å². The maximum Gasteiger partial charge on any atom is 0.289 e. The van der Waals surface area contributed by atoms with Crippen LogP contribution < -0.4 is 0 Å². The Labute approximate surface area is 217 Å². The number of nitro benzene ring substituents is 1. The highest BCUT2D eigenvalue weighted by atomic mass is 32.2. The summed E-state index contributed by atoms with van der Waals surface area (Å²) < 4.78 is 37.6. The second-order valence-electron chi connectivity index (χ2n) is 13.0. The third-order valence-corrected chi connectivity index (χ3v) is 12.5. The molecule has 0 unspecified atom stereocenters. The van der Waals surface area contributed by atoms with Crippen LogP contribution in [0.4, 0.5) is 5.69 Å². The third-order valence-electron chi connectivity index (χ3n) is 9.49. The molecule has 1 aromatic carbocycles. The van der Waals surface area contributed by atoms with Crippen LogP contribution in [-0.4, -0.2) is 43.6 Å². The van der Waals surface area contributed by atoms with Gasteiger partial charge >= 0.3 is 0 Å². The Morgan fingerprint density at radius 3 is 2.44 bits per heavy atom. The van der Waals surface area contributed by atoms with Crippen LogP contribution in [0.15, 0.2) is 41.8 Å². The molecule has 2 saturated carbocycles. The van der Waals surface area contributed by atoms with E-state index in [2.05, 4.69) is 47.0 Å². The Hall–Kier alpha value is -1.55. The molecule has 1 heterocycles. The van der Waals surface area contributed by atoms with Crippen molar-refractivity contribution in [3.05, 3.63) is 47.0 Å². The number of para-hydroxylation sites is 1. The van der Waals surface area contributed by atoms with Gasteiger partial charge < -0.3 is 4.43 Å². The fourth-order valence-electron chi connectivity index (χ4n) is 8.44. The van der Waals surface area contributed by atoms with Gasteiger partial charge in [-0.2, -0.15) is 4.31 Å². The summed E-state index contributed by atoms with van der Waals surface area (Å²) in [5.41, 5.74) is -1.99. The van der Waals surface area contributed by atoms with Crippen molar-refractivity contribution in [1.29, 1.82) is 0 Å². The van der Waals surface area contributed by atoms with E-state index in [0.29, 0.717) is 25.2 Å².